The molecule has 1 aromatic rings. The third-order valence-electron chi connectivity index (χ3n) is 2.26. The maximum atomic E-state index is 11.4. The van der Waals surface area contributed by atoms with Gasteiger partial charge in [0, 0.05) is 0 Å². The van der Waals surface area contributed by atoms with Crippen LogP contribution in [-0.2, 0) is 4.79 Å². The highest BCUT2D eigenvalue weighted by molar-refractivity contribution is 5.77. The molecule has 0 saturated heterocycles. The fourth-order valence-corrected chi connectivity index (χ4v) is 1.28. The molecule has 0 unspecified atom stereocenters. The van der Waals surface area contributed by atoms with Crippen molar-refractivity contribution in [2.24, 2.45) is 0 Å². The molecule has 1 aromatic carbocycles. The Morgan fingerprint density at radius 3 is 2.59 bits per heavy atom. The van der Waals surface area contributed by atoms with Crippen molar-refractivity contribution < 1.29 is 19.7 Å². The fraction of sp³-hybridized carbons (Fsp3) is 0.417. The molecule has 0 saturated carbocycles. The molecule has 5 heteroatoms. The van der Waals surface area contributed by atoms with E-state index in [0.717, 1.165) is 5.56 Å². The van der Waals surface area contributed by atoms with Crippen molar-refractivity contribution in [3.8, 4) is 5.75 Å². The van der Waals surface area contributed by atoms with E-state index in [1.165, 1.54) is 0 Å². The van der Waals surface area contributed by atoms with Crippen molar-refractivity contribution in [3.63, 3.8) is 0 Å². The van der Waals surface area contributed by atoms with E-state index >= 15 is 0 Å². The summed E-state index contributed by atoms with van der Waals surface area (Å²) in [6.45, 7) is 1.15. The van der Waals surface area contributed by atoms with Crippen molar-refractivity contribution in [1.29, 1.82) is 0 Å². The van der Waals surface area contributed by atoms with Gasteiger partial charge in [-0.3, -0.25) is 4.79 Å². The number of hydrogen-bond acceptors (Lipinski definition) is 4. The highest BCUT2D eigenvalue weighted by Crippen LogP contribution is 2.15. The molecule has 0 radical (unpaired) electrons. The summed E-state index contributed by atoms with van der Waals surface area (Å²) >= 11 is 0. The molecule has 3 N–H and O–H groups in total. The van der Waals surface area contributed by atoms with Gasteiger partial charge in [-0.1, -0.05) is 18.2 Å². The van der Waals surface area contributed by atoms with E-state index < -0.39 is 6.04 Å². The van der Waals surface area contributed by atoms with Gasteiger partial charge in [0.15, 0.2) is 6.61 Å². The molecule has 1 rings (SSSR count). The molecule has 0 bridgehead atoms. The van der Waals surface area contributed by atoms with Crippen molar-refractivity contribution in [3.05, 3.63) is 29.8 Å². The van der Waals surface area contributed by atoms with Gasteiger partial charge in [0.25, 0.3) is 5.91 Å². The molecular weight excluding hydrogens is 222 g/mol. The summed E-state index contributed by atoms with van der Waals surface area (Å²) < 4.78 is 5.31. The number of rotatable bonds is 6. The Kier molecular flexibility index (Phi) is 5.45. The topological polar surface area (TPSA) is 78.8 Å². The molecule has 17 heavy (non-hydrogen) atoms. The number of ether oxygens (including phenoxy) is 1. The van der Waals surface area contributed by atoms with Crippen LogP contribution in [0.3, 0.4) is 0 Å². The van der Waals surface area contributed by atoms with Gasteiger partial charge >= 0.3 is 0 Å². The van der Waals surface area contributed by atoms with Crippen LogP contribution in [0.2, 0.25) is 0 Å². The number of aliphatic hydroxyl groups is 2. The Morgan fingerprint density at radius 2 is 2.00 bits per heavy atom. The van der Waals surface area contributed by atoms with Crippen LogP contribution in [0.1, 0.15) is 5.56 Å². The van der Waals surface area contributed by atoms with E-state index in [2.05, 4.69) is 5.32 Å². The monoisotopic (exact) mass is 239 g/mol. The van der Waals surface area contributed by atoms with Crippen LogP contribution in [0.25, 0.3) is 0 Å². The Hall–Kier alpha value is -1.59. The number of aliphatic hydroxyl groups excluding tert-OH is 2. The zero-order valence-corrected chi connectivity index (χ0v) is 9.72. The molecule has 0 aliphatic heterocycles. The number of carbonyl (C=O) groups excluding carboxylic acids is 1. The number of nitrogens with one attached hydrogen (secondary N) is 1. The minimum absolute atomic E-state index is 0.138. The van der Waals surface area contributed by atoms with Crippen molar-refractivity contribution in [2.75, 3.05) is 19.8 Å². The molecule has 0 aliphatic carbocycles. The van der Waals surface area contributed by atoms with E-state index in [4.69, 9.17) is 14.9 Å². The van der Waals surface area contributed by atoms with Crippen LogP contribution in [0.5, 0.6) is 5.75 Å². The summed E-state index contributed by atoms with van der Waals surface area (Å²) in [5.74, 6) is 0.272. The lowest BCUT2D eigenvalue weighted by Gasteiger charge is -2.14. The van der Waals surface area contributed by atoms with Crippen molar-refractivity contribution in [2.45, 2.75) is 13.0 Å². The molecular formula is C12H17NO4. The lowest BCUT2D eigenvalue weighted by atomic mass is 10.2. The second-order valence-electron chi connectivity index (χ2n) is 3.68. The minimum atomic E-state index is -0.636. The maximum absolute atomic E-state index is 11.4. The predicted molar refractivity (Wildman–Crippen MR) is 62.8 cm³/mol. The van der Waals surface area contributed by atoms with Crippen LogP contribution >= 0.6 is 0 Å². The lowest BCUT2D eigenvalue weighted by molar-refractivity contribution is -0.124. The van der Waals surface area contributed by atoms with Crippen LogP contribution < -0.4 is 10.1 Å². The predicted octanol–water partition coefficient (Wildman–Crippen LogP) is -0.157. The van der Waals surface area contributed by atoms with Gasteiger partial charge in [-0.05, 0) is 18.6 Å². The van der Waals surface area contributed by atoms with Gasteiger partial charge in [-0.15, -0.1) is 0 Å². The Morgan fingerprint density at radius 1 is 1.35 bits per heavy atom. The molecule has 0 fully saturated rings. The quantitative estimate of drug-likeness (QED) is 0.644. The lowest BCUT2D eigenvalue weighted by Crippen LogP contribution is -2.42. The van der Waals surface area contributed by atoms with Crippen LogP contribution in [0, 0.1) is 6.92 Å². The number of aryl methyl sites for hydroxylation is 1. The largest absolute Gasteiger partial charge is 0.484 e. The van der Waals surface area contributed by atoms with Crippen LogP contribution in [0.15, 0.2) is 24.3 Å². The van der Waals surface area contributed by atoms with Crippen LogP contribution in [0.4, 0.5) is 0 Å². The number of hydrogen-bond donors (Lipinski definition) is 3. The molecule has 0 atom stereocenters. The third-order valence-corrected chi connectivity index (χ3v) is 2.26. The second-order valence-corrected chi connectivity index (χ2v) is 3.68. The standard InChI is InChI=1S/C12H17NO4/c1-9-4-2-3-5-11(9)17-8-12(16)13-10(6-14)7-15/h2-5,10,14-15H,6-8H2,1H3,(H,13,16). The van der Waals surface area contributed by atoms with Gasteiger partial charge in [-0.2, -0.15) is 0 Å². The van der Waals surface area contributed by atoms with Gasteiger partial charge < -0.3 is 20.3 Å². The molecule has 0 aliphatic rings. The highest BCUT2D eigenvalue weighted by Gasteiger charge is 2.10. The number of para-hydroxylation sites is 1. The average molecular weight is 239 g/mol. The normalized spacial score (nSPS) is 10.4. The molecule has 0 aromatic heterocycles. The van der Waals surface area contributed by atoms with E-state index in [0.29, 0.717) is 5.75 Å². The highest BCUT2D eigenvalue weighted by atomic mass is 16.5. The third kappa shape index (κ3) is 4.42. The van der Waals surface area contributed by atoms with Crippen LogP contribution in [-0.4, -0.2) is 42.0 Å². The smallest absolute Gasteiger partial charge is 0.258 e. The van der Waals surface area contributed by atoms with E-state index in [1.807, 2.05) is 25.1 Å². The second kappa shape index (κ2) is 6.88. The van der Waals surface area contributed by atoms with E-state index in [1.54, 1.807) is 6.07 Å². The zero-order chi connectivity index (χ0) is 12.7. The molecule has 5 nitrogen and oxygen atoms in total. The Labute approximate surface area is 100 Å². The van der Waals surface area contributed by atoms with Crippen molar-refractivity contribution >= 4 is 5.91 Å². The number of amides is 1. The summed E-state index contributed by atoms with van der Waals surface area (Å²) in [7, 11) is 0. The summed E-state index contributed by atoms with van der Waals surface area (Å²) in [6.07, 6.45) is 0. The van der Waals surface area contributed by atoms with Gasteiger partial charge in [0.1, 0.15) is 5.75 Å². The molecule has 1 amide bonds. The Balaban J connectivity index is 2.41. The summed E-state index contributed by atoms with van der Waals surface area (Å²) in [6, 6.07) is 6.73. The minimum Gasteiger partial charge on any atom is -0.484 e. The SMILES string of the molecule is Cc1ccccc1OCC(=O)NC(CO)CO. The van der Waals surface area contributed by atoms with Crippen molar-refractivity contribution in [1.82, 2.24) is 5.32 Å². The first kappa shape index (κ1) is 13.5. The van der Waals surface area contributed by atoms with E-state index in [-0.39, 0.29) is 25.7 Å². The van der Waals surface area contributed by atoms with Gasteiger partial charge in [0.2, 0.25) is 0 Å². The molecule has 94 valence electrons. The van der Waals surface area contributed by atoms with Gasteiger partial charge in [-0.25, -0.2) is 0 Å². The average Bonchev–Trinajstić information content (AvgIpc) is 2.35. The number of carbonyl (C=O) groups is 1. The maximum Gasteiger partial charge on any atom is 0.258 e. The zero-order valence-electron chi connectivity index (χ0n) is 9.72. The molecule has 0 heterocycles. The Bertz CT molecular complexity index is 363. The summed E-state index contributed by atoms with van der Waals surface area (Å²) in [4.78, 5) is 11.4. The first-order valence-electron chi connectivity index (χ1n) is 5.37. The summed E-state index contributed by atoms with van der Waals surface area (Å²) in [5.41, 5.74) is 0.946. The number of benzene rings is 1. The van der Waals surface area contributed by atoms with E-state index in [9.17, 15) is 4.79 Å². The summed E-state index contributed by atoms with van der Waals surface area (Å²) in [5, 5.41) is 20.0. The fourth-order valence-electron chi connectivity index (χ4n) is 1.28. The molecule has 0 spiro atoms. The first-order valence-corrected chi connectivity index (χ1v) is 5.37. The van der Waals surface area contributed by atoms with Gasteiger partial charge in [0.05, 0.1) is 19.3 Å². The first-order chi connectivity index (χ1) is 8.17.